The van der Waals surface area contributed by atoms with Crippen molar-refractivity contribution < 1.29 is 0 Å². The van der Waals surface area contributed by atoms with Crippen molar-refractivity contribution in [2.24, 2.45) is 11.8 Å². The zero-order valence-corrected chi connectivity index (χ0v) is 13.0. The lowest BCUT2D eigenvalue weighted by atomic mass is 9.86. The Balaban J connectivity index is 1.51. The summed E-state index contributed by atoms with van der Waals surface area (Å²) in [5, 5.41) is 13.0. The number of hydrogen-bond donors (Lipinski definition) is 1. The highest BCUT2D eigenvalue weighted by atomic mass is 32.1. The van der Waals surface area contributed by atoms with Crippen molar-refractivity contribution in [3.05, 3.63) is 34.2 Å². The SMILES string of the molecule is c1cc(C2CCNc3cc(C4CC5CCC4C5)nn32)cs1. The molecule has 2 fully saturated rings. The van der Waals surface area contributed by atoms with Crippen LogP contribution in [0.4, 0.5) is 5.82 Å². The molecule has 2 aromatic rings. The van der Waals surface area contributed by atoms with Gasteiger partial charge in [-0.25, -0.2) is 4.68 Å². The van der Waals surface area contributed by atoms with Gasteiger partial charge in [0.2, 0.25) is 0 Å². The second-order valence-electron chi connectivity index (χ2n) is 6.97. The zero-order valence-electron chi connectivity index (χ0n) is 12.2. The number of rotatable bonds is 2. The molecule has 2 aromatic heterocycles. The van der Waals surface area contributed by atoms with Crippen LogP contribution >= 0.6 is 11.3 Å². The van der Waals surface area contributed by atoms with Crippen LogP contribution in [0, 0.1) is 11.8 Å². The summed E-state index contributed by atoms with van der Waals surface area (Å²) in [6.45, 7) is 1.06. The van der Waals surface area contributed by atoms with Gasteiger partial charge in [0, 0.05) is 18.5 Å². The first-order chi connectivity index (χ1) is 10.4. The molecule has 1 N–H and O–H groups in total. The van der Waals surface area contributed by atoms with E-state index in [0.29, 0.717) is 6.04 Å². The Morgan fingerprint density at radius 1 is 1.24 bits per heavy atom. The Labute approximate surface area is 129 Å². The molecule has 5 rings (SSSR count). The van der Waals surface area contributed by atoms with Gasteiger partial charge in [0.25, 0.3) is 0 Å². The molecule has 2 aliphatic carbocycles. The number of thiophene rings is 1. The fourth-order valence-electron chi connectivity index (χ4n) is 4.80. The van der Waals surface area contributed by atoms with Gasteiger partial charge in [-0.3, -0.25) is 0 Å². The quantitative estimate of drug-likeness (QED) is 0.898. The molecule has 0 spiro atoms. The molecule has 4 atom stereocenters. The number of nitrogens with one attached hydrogen (secondary N) is 1. The molecule has 21 heavy (non-hydrogen) atoms. The smallest absolute Gasteiger partial charge is 0.125 e. The van der Waals surface area contributed by atoms with Gasteiger partial charge in [-0.05, 0) is 59.9 Å². The molecule has 3 heterocycles. The van der Waals surface area contributed by atoms with Crippen molar-refractivity contribution >= 4 is 17.2 Å². The van der Waals surface area contributed by atoms with Crippen LogP contribution in [-0.2, 0) is 0 Å². The normalized spacial score (nSPS) is 33.9. The molecule has 4 heteroatoms. The first kappa shape index (κ1) is 12.3. The Hall–Kier alpha value is -1.29. The third-order valence-corrected chi connectivity index (χ3v) is 6.52. The summed E-state index contributed by atoms with van der Waals surface area (Å²) in [5.41, 5.74) is 2.78. The summed E-state index contributed by atoms with van der Waals surface area (Å²) in [4.78, 5) is 0. The lowest BCUT2D eigenvalue weighted by molar-refractivity contribution is 0.403. The van der Waals surface area contributed by atoms with E-state index in [2.05, 4.69) is 32.9 Å². The first-order valence-corrected chi connectivity index (χ1v) is 9.18. The molecule has 0 aromatic carbocycles. The van der Waals surface area contributed by atoms with E-state index < -0.39 is 0 Å². The molecular formula is C17H21N3S. The summed E-state index contributed by atoms with van der Waals surface area (Å²) in [6, 6.07) is 5.02. The molecular weight excluding hydrogens is 278 g/mol. The second-order valence-corrected chi connectivity index (χ2v) is 7.75. The van der Waals surface area contributed by atoms with Gasteiger partial charge < -0.3 is 5.32 Å². The zero-order chi connectivity index (χ0) is 13.8. The van der Waals surface area contributed by atoms with E-state index in [1.807, 2.05) is 0 Å². The number of aromatic nitrogens is 2. The van der Waals surface area contributed by atoms with Crippen LogP contribution in [-0.4, -0.2) is 16.3 Å². The first-order valence-electron chi connectivity index (χ1n) is 8.24. The molecule has 2 bridgehead atoms. The summed E-state index contributed by atoms with van der Waals surface area (Å²) < 4.78 is 2.26. The Morgan fingerprint density at radius 2 is 2.24 bits per heavy atom. The molecule has 2 saturated carbocycles. The van der Waals surface area contributed by atoms with Gasteiger partial charge in [-0.15, -0.1) is 0 Å². The van der Waals surface area contributed by atoms with Crippen molar-refractivity contribution in [3.63, 3.8) is 0 Å². The fraction of sp³-hybridized carbons (Fsp3) is 0.588. The molecule has 0 radical (unpaired) electrons. The predicted molar refractivity (Wildman–Crippen MR) is 86.0 cm³/mol. The lowest BCUT2D eigenvalue weighted by Gasteiger charge is -2.25. The summed E-state index contributed by atoms with van der Waals surface area (Å²) in [5.74, 6) is 3.85. The maximum atomic E-state index is 5.05. The molecule has 0 amide bonds. The number of anilines is 1. The average Bonchev–Trinajstić information content (AvgIpc) is 3.26. The van der Waals surface area contributed by atoms with Gasteiger partial charge in [0.05, 0.1) is 11.7 Å². The third-order valence-electron chi connectivity index (χ3n) is 5.82. The van der Waals surface area contributed by atoms with Crippen LogP contribution in [0.3, 0.4) is 0 Å². The maximum Gasteiger partial charge on any atom is 0.125 e. The largest absolute Gasteiger partial charge is 0.370 e. The minimum atomic E-state index is 0.430. The van der Waals surface area contributed by atoms with Crippen molar-refractivity contribution in [2.75, 3.05) is 11.9 Å². The average molecular weight is 299 g/mol. The van der Waals surface area contributed by atoms with Gasteiger partial charge in [0.15, 0.2) is 0 Å². The lowest BCUT2D eigenvalue weighted by Crippen LogP contribution is -2.24. The van der Waals surface area contributed by atoms with E-state index in [1.54, 1.807) is 11.3 Å². The summed E-state index contributed by atoms with van der Waals surface area (Å²) >= 11 is 1.79. The maximum absolute atomic E-state index is 5.05. The van der Waals surface area contributed by atoms with Crippen molar-refractivity contribution in [1.82, 2.24) is 9.78 Å². The van der Waals surface area contributed by atoms with Crippen molar-refractivity contribution in [3.8, 4) is 0 Å². The highest BCUT2D eigenvalue weighted by Crippen LogP contribution is 2.53. The summed E-state index contributed by atoms with van der Waals surface area (Å²) in [6.07, 6.45) is 6.86. The van der Waals surface area contributed by atoms with Crippen LogP contribution < -0.4 is 5.32 Å². The minimum Gasteiger partial charge on any atom is -0.370 e. The van der Waals surface area contributed by atoms with E-state index in [4.69, 9.17) is 5.10 Å². The minimum absolute atomic E-state index is 0.430. The monoisotopic (exact) mass is 299 g/mol. The standard InChI is InChI=1S/C17H21N3S/c1-2-12-7-11(1)8-14(12)15-9-17-18-5-3-16(20(17)19-15)13-4-6-21-10-13/h4,6,9-12,14,16,18H,1-3,5,7-8H2. The van der Waals surface area contributed by atoms with Crippen molar-refractivity contribution in [1.29, 1.82) is 0 Å². The molecule has 0 saturated heterocycles. The number of nitrogens with zero attached hydrogens (tertiary/aromatic N) is 2. The van der Waals surface area contributed by atoms with Crippen LogP contribution in [0.1, 0.15) is 55.3 Å². The molecule has 1 aliphatic heterocycles. The highest BCUT2D eigenvalue weighted by Gasteiger charge is 2.41. The Kier molecular flexibility index (Phi) is 2.69. The predicted octanol–water partition coefficient (Wildman–Crippen LogP) is 4.25. The molecule has 3 nitrogen and oxygen atoms in total. The topological polar surface area (TPSA) is 29.9 Å². The van der Waals surface area contributed by atoms with Gasteiger partial charge in [-0.1, -0.05) is 6.42 Å². The fourth-order valence-corrected chi connectivity index (χ4v) is 5.51. The second kappa shape index (κ2) is 4.60. The Bertz CT molecular complexity index is 645. The van der Waals surface area contributed by atoms with E-state index in [9.17, 15) is 0 Å². The Morgan fingerprint density at radius 3 is 3.00 bits per heavy atom. The molecule has 4 unspecified atom stereocenters. The van der Waals surface area contributed by atoms with Crippen LogP contribution in [0.25, 0.3) is 0 Å². The molecule has 3 aliphatic rings. The van der Waals surface area contributed by atoms with Crippen LogP contribution in [0.15, 0.2) is 22.9 Å². The van der Waals surface area contributed by atoms with Gasteiger partial charge in [0.1, 0.15) is 5.82 Å². The van der Waals surface area contributed by atoms with Crippen LogP contribution in [0.5, 0.6) is 0 Å². The van der Waals surface area contributed by atoms with Crippen LogP contribution in [0.2, 0.25) is 0 Å². The number of hydrogen-bond acceptors (Lipinski definition) is 3. The van der Waals surface area contributed by atoms with Gasteiger partial charge >= 0.3 is 0 Å². The third kappa shape index (κ3) is 1.88. The highest BCUT2D eigenvalue weighted by molar-refractivity contribution is 7.07. The van der Waals surface area contributed by atoms with E-state index in [-0.39, 0.29) is 0 Å². The van der Waals surface area contributed by atoms with E-state index >= 15 is 0 Å². The molecule has 110 valence electrons. The summed E-state index contributed by atoms with van der Waals surface area (Å²) in [7, 11) is 0. The van der Waals surface area contributed by atoms with Gasteiger partial charge in [-0.2, -0.15) is 16.4 Å². The van der Waals surface area contributed by atoms with E-state index in [0.717, 1.165) is 30.7 Å². The number of fused-ring (bicyclic) bond motifs is 3. The van der Waals surface area contributed by atoms with Crippen molar-refractivity contribution in [2.45, 2.75) is 44.1 Å². The van der Waals surface area contributed by atoms with E-state index in [1.165, 1.54) is 42.8 Å².